The van der Waals surface area contributed by atoms with Crippen LogP contribution in [0.3, 0.4) is 0 Å². The van der Waals surface area contributed by atoms with Crippen LogP contribution in [-0.2, 0) is 25.9 Å². The van der Waals surface area contributed by atoms with E-state index in [0.29, 0.717) is 6.54 Å². The summed E-state index contributed by atoms with van der Waals surface area (Å²) in [5.74, 6) is 1.11. The van der Waals surface area contributed by atoms with Crippen molar-refractivity contribution < 1.29 is 0 Å². The Labute approximate surface area is 128 Å². The lowest BCUT2D eigenvalue weighted by atomic mass is 10.2. The van der Waals surface area contributed by atoms with Crippen LogP contribution < -0.4 is 5.73 Å². The summed E-state index contributed by atoms with van der Waals surface area (Å²) in [6.45, 7) is 3.69. The molecule has 108 valence electrons. The molecule has 2 heterocycles. The van der Waals surface area contributed by atoms with Crippen molar-refractivity contribution in [1.29, 1.82) is 0 Å². The van der Waals surface area contributed by atoms with Gasteiger partial charge in [-0.25, -0.2) is 4.98 Å². The minimum absolute atomic E-state index is 0.567. The molecule has 21 heavy (non-hydrogen) atoms. The standard InChI is InChI=1S/C17H19N3S/c1-2-20-14-7-6-11(10-18)8-13(14)19-17(20)16-9-12-4-3-5-15(12)21-16/h6-9H,2-5,10,18H2,1H3. The Hall–Kier alpha value is -1.65. The molecule has 0 aliphatic heterocycles. The minimum atomic E-state index is 0.567. The number of thiophene rings is 1. The number of benzene rings is 1. The molecular weight excluding hydrogens is 278 g/mol. The second kappa shape index (κ2) is 4.97. The van der Waals surface area contributed by atoms with Gasteiger partial charge in [-0.1, -0.05) is 6.07 Å². The Morgan fingerprint density at radius 3 is 2.95 bits per heavy atom. The second-order valence-corrected chi connectivity index (χ2v) is 6.76. The average molecular weight is 297 g/mol. The Morgan fingerprint density at radius 1 is 1.29 bits per heavy atom. The Bertz CT molecular complexity index is 791. The summed E-state index contributed by atoms with van der Waals surface area (Å²) < 4.78 is 2.32. The van der Waals surface area contributed by atoms with Gasteiger partial charge >= 0.3 is 0 Å². The number of fused-ring (bicyclic) bond motifs is 2. The Morgan fingerprint density at radius 2 is 2.19 bits per heavy atom. The monoisotopic (exact) mass is 297 g/mol. The van der Waals surface area contributed by atoms with E-state index < -0.39 is 0 Å². The van der Waals surface area contributed by atoms with E-state index in [-0.39, 0.29) is 0 Å². The molecule has 0 radical (unpaired) electrons. The van der Waals surface area contributed by atoms with Gasteiger partial charge in [0.05, 0.1) is 15.9 Å². The van der Waals surface area contributed by atoms with Gasteiger partial charge in [-0.15, -0.1) is 11.3 Å². The van der Waals surface area contributed by atoms with Crippen molar-refractivity contribution in [3.05, 3.63) is 40.3 Å². The molecule has 1 aliphatic carbocycles. The number of aromatic nitrogens is 2. The zero-order valence-corrected chi connectivity index (χ0v) is 13.0. The molecule has 4 rings (SSSR count). The first kappa shape index (κ1) is 13.0. The van der Waals surface area contributed by atoms with E-state index in [0.717, 1.165) is 23.4 Å². The topological polar surface area (TPSA) is 43.8 Å². The quantitative estimate of drug-likeness (QED) is 0.800. The first-order chi connectivity index (χ1) is 10.3. The normalized spacial score (nSPS) is 14.0. The molecule has 0 saturated heterocycles. The van der Waals surface area contributed by atoms with Gasteiger partial charge in [0.15, 0.2) is 5.82 Å². The number of nitrogens with zero attached hydrogens (tertiary/aromatic N) is 2. The van der Waals surface area contributed by atoms with Gasteiger partial charge in [0.2, 0.25) is 0 Å². The first-order valence-electron chi connectivity index (χ1n) is 7.61. The van der Waals surface area contributed by atoms with E-state index in [1.807, 2.05) is 11.3 Å². The fourth-order valence-electron chi connectivity index (χ4n) is 3.25. The van der Waals surface area contributed by atoms with Crippen LogP contribution in [0, 0.1) is 0 Å². The summed E-state index contributed by atoms with van der Waals surface area (Å²) in [4.78, 5) is 7.76. The van der Waals surface area contributed by atoms with E-state index in [2.05, 4.69) is 35.8 Å². The van der Waals surface area contributed by atoms with Crippen molar-refractivity contribution in [3.63, 3.8) is 0 Å². The first-order valence-corrected chi connectivity index (χ1v) is 8.43. The molecule has 0 fully saturated rings. The molecule has 2 aromatic heterocycles. The number of nitrogens with two attached hydrogens (primary N) is 1. The molecule has 3 nitrogen and oxygen atoms in total. The molecule has 1 aromatic carbocycles. The number of imidazole rings is 1. The lowest BCUT2D eigenvalue weighted by Crippen LogP contribution is -1.97. The Balaban J connectivity index is 1.90. The highest BCUT2D eigenvalue weighted by atomic mass is 32.1. The highest BCUT2D eigenvalue weighted by Gasteiger charge is 2.19. The van der Waals surface area contributed by atoms with E-state index in [4.69, 9.17) is 10.7 Å². The predicted octanol–water partition coefficient (Wildman–Crippen LogP) is 3.73. The average Bonchev–Trinajstić information content (AvgIpc) is 3.17. The molecular formula is C17H19N3S. The highest BCUT2D eigenvalue weighted by molar-refractivity contribution is 7.15. The predicted molar refractivity (Wildman–Crippen MR) is 88.6 cm³/mol. The van der Waals surface area contributed by atoms with Gasteiger partial charge in [0.1, 0.15) is 0 Å². The van der Waals surface area contributed by atoms with E-state index in [1.165, 1.54) is 35.2 Å². The highest BCUT2D eigenvalue weighted by Crippen LogP contribution is 2.37. The van der Waals surface area contributed by atoms with Crippen molar-refractivity contribution in [2.24, 2.45) is 5.73 Å². The van der Waals surface area contributed by atoms with Crippen LogP contribution in [0.1, 0.15) is 29.3 Å². The number of aryl methyl sites for hydroxylation is 3. The summed E-state index contributed by atoms with van der Waals surface area (Å²) in [7, 11) is 0. The summed E-state index contributed by atoms with van der Waals surface area (Å²) in [5, 5.41) is 0. The van der Waals surface area contributed by atoms with Crippen LogP contribution in [0.25, 0.3) is 21.7 Å². The fraction of sp³-hybridized carbons (Fsp3) is 0.353. The van der Waals surface area contributed by atoms with Crippen molar-refractivity contribution in [2.45, 2.75) is 39.3 Å². The summed E-state index contributed by atoms with van der Waals surface area (Å²) >= 11 is 1.92. The third kappa shape index (κ3) is 2.01. The minimum Gasteiger partial charge on any atom is -0.326 e. The number of rotatable bonds is 3. The zero-order chi connectivity index (χ0) is 14.4. The molecule has 0 amide bonds. The maximum absolute atomic E-state index is 5.75. The summed E-state index contributed by atoms with van der Waals surface area (Å²) in [6.07, 6.45) is 3.78. The molecule has 3 aromatic rings. The van der Waals surface area contributed by atoms with Crippen LogP contribution in [0.2, 0.25) is 0 Å². The molecule has 0 atom stereocenters. The lowest BCUT2D eigenvalue weighted by molar-refractivity contribution is 0.797. The maximum Gasteiger partial charge on any atom is 0.151 e. The molecule has 0 bridgehead atoms. The SMILES string of the molecule is CCn1c(-c2cc3c(s2)CCC3)nc2cc(CN)ccc21. The van der Waals surface area contributed by atoms with Gasteiger partial charge in [0.25, 0.3) is 0 Å². The molecule has 2 N–H and O–H groups in total. The van der Waals surface area contributed by atoms with Crippen LogP contribution in [0.15, 0.2) is 24.3 Å². The van der Waals surface area contributed by atoms with Crippen molar-refractivity contribution in [1.82, 2.24) is 9.55 Å². The molecule has 4 heteroatoms. The van der Waals surface area contributed by atoms with Crippen molar-refractivity contribution in [3.8, 4) is 10.7 Å². The fourth-order valence-corrected chi connectivity index (χ4v) is 4.50. The summed E-state index contributed by atoms with van der Waals surface area (Å²) in [5.41, 5.74) is 10.7. The number of hydrogen-bond donors (Lipinski definition) is 1. The zero-order valence-electron chi connectivity index (χ0n) is 12.2. The van der Waals surface area contributed by atoms with Gasteiger partial charge in [-0.2, -0.15) is 0 Å². The smallest absolute Gasteiger partial charge is 0.151 e. The summed E-state index contributed by atoms with van der Waals surface area (Å²) in [6, 6.07) is 8.73. The molecule has 0 spiro atoms. The van der Waals surface area contributed by atoms with Gasteiger partial charge in [-0.05, 0) is 55.5 Å². The largest absolute Gasteiger partial charge is 0.326 e. The van der Waals surface area contributed by atoms with E-state index >= 15 is 0 Å². The van der Waals surface area contributed by atoms with Crippen molar-refractivity contribution >= 4 is 22.4 Å². The third-order valence-corrected chi connectivity index (χ3v) is 5.56. The van der Waals surface area contributed by atoms with Gasteiger partial charge in [-0.3, -0.25) is 0 Å². The molecule has 1 aliphatic rings. The maximum atomic E-state index is 5.75. The molecule has 0 saturated carbocycles. The van der Waals surface area contributed by atoms with Crippen molar-refractivity contribution in [2.75, 3.05) is 0 Å². The number of hydrogen-bond acceptors (Lipinski definition) is 3. The van der Waals surface area contributed by atoms with E-state index in [9.17, 15) is 0 Å². The molecule has 0 unspecified atom stereocenters. The van der Waals surface area contributed by atoms with Gasteiger partial charge < -0.3 is 10.3 Å². The Kier molecular flexibility index (Phi) is 3.08. The van der Waals surface area contributed by atoms with Crippen LogP contribution >= 0.6 is 11.3 Å². The van der Waals surface area contributed by atoms with Crippen LogP contribution in [0.5, 0.6) is 0 Å². The third-order valence-electron chi connectivity index (χ3n) is 4.33. The van der Waals surface area contributed by atoms with E-state index in [1.54, 1.807) is 4.88 Å². The van der Waals surface area contributed by atoms with Crippen LogP contribution in [0.4, 0.5) is 0 Å². The van der Waals surface area contributed by atoms with Crippen LogP contribution in [-0.4, -0.2) is 9.55 Å². The van der Waals surface area contributed by atoms with Gasteiger partial charge in [0, 0.05) is 18.0 Å². The lowest BCUT2D eigenvalue weighted by Gasteiger charge is -2.04. The second-order valence-electron chi connectivity index (χ2n) is 5.62.